The molecule has 2 aliphatic heterocycles. The van der Waals surface area contributed by atoms with Crippen molar-refractivity contribution in [3.8, 4) is 0 Å². The van der Waals surface area contributed by atoms with Gasteiger partial charge in [0.25, 0.3) is 0 Å². The number of aromatic nitrogens is 1. The SMILES string of the molecule is O=C(CN1C(=O)COCCOCNCC1c1cc(F)cc(F)c1)Nc1ccc2c(c1)CC1(C2)c2cccnc2NC1O. The van der Waals surface area contributed by atoms with Gasteiger partial charge in [-0.1, -0.05) is 12.1 Å². The molecule has 2 amide bonds. The van der Waals surface area contributed by atoms with Crippen LogP contribution in [0.3, 0.4) is 0 Å². The molecule has 0 bridgehead atoms. The van der Waals surface area contributed by atoms with Gasteiger partial charge in [0, 0.05) is 30.1 Å². The van der Waals surface area contributed by atoms with Crippen LogP contribution in [0.1, 0.15) is 28.3 Å². The van der Waals surface area contributed by atoms with Gasteiger partial charge in [0.1, 0.15) is 36.8 Å². The van der Waals surface area contributed by atoms with Gasteiger partial charge in [-0.2, -0.15) is 0 Å². The first-order valence-electron chi connectivity index (χ1n) is 13.8. The maximum atomic E-state index is 14.2. The number of amides is 2. The fourth-order valence-electron chi connectivity index (χ4n) is 6.11. The number of nitrogens with one attached hydrogen (secondary N) is 3. The average molecular weight is 580 g/mol. The summed E-state index contributed by atoms with van der Waals surface area (Å²) in [7, 11) is 0. The van der Waals surface area contributed by atoms with E-state index in [1.165, 1.54) is 4.90 Å². The standard InChI is InChI=1S/C30H31F2N5O5/c31-21-8-19(9-22(32)11-21)25-14-33-17-42-7-6-41-16-27(39)37(25)15-26(38)35-23-4-3-18-12-30(13-20(18)10-23)24-2-1-5-34-28(24)36-29(30)40/h1-5,8-11,25,29,33,40H,6-7,12-17H2,(H,34,36)(H,35,38). The van der Waals surface area contributed by atoms with Crippen LogP contribution >= 0.6 is 0 Å². The van der Waals surface area contributed by atoms with Gasteiger partial charge in [0.05, 0.1) is 31.4 Å². The Morgan fingerprint density at radius 2 is 1.88 bits per heavy atom. The molecule has 6 rings (SSSR count). The Hall–Kier alpha value is -3.97. The normalized spacial score (nSPS) is 24.1. The molecule has 220 valence electrons. The number of hydrogen-bond donors (Lipinski definition) is 4. The molecule has 2 aromatic carbocycles. The smallest absolute Gasteiger partial charge is 0.249 e. The Morgan fingerprint density at radius 3 is 2.71 bits per heavy atom. The number of hydrogen-bond acceptors (Lipinski definition) is 8. The molecule has 0 saturated carbocycles. The third kappa shape index (κ3) is 5.58. The van der Waals surface area contributed by atoms with Gasteiger partial charge in [-0.05, 0) is 59.9 Å². The van der Waals surface area contributed by atoms with Crippen molar-refractivity contribution >= 4 is 23.3 Å². The van der Waals surface area contributed by atoms with Gasteiger partial charge in [0.15, 0.2) is 0 Å². The number of halogens is 2. The molecule has 3 aliphatic rings. The molecule has 10 nitrogen and oxygen atoms in total. The second-order valence-corrected chi connectivity index (χ2v) is 10.8. The summed E-state index contributed by atoms with van der Waals surface area (Å²) in [5, 5.41) is 19.9. The highest BCUT2D eigenvalue weighted by molar-refractivity contribution is 5.95. The molecule has 1 saturated heterocycles. The van der Waals surface area contributed by atoms with Crippen molar-refractivity contribution < 1.29 is 33.0 Å². The minimum absolute atomic E-state index is 0.0928. The minimum Gasteiger partial charge on any atom is -0.373 e. The molecule has 1 fully saturated rings. The van der Waals surface area contributed by atoms with Gasteiger partial charge in [-0.15, -0.1) is 0 Å². The summed E-state index contributed by atoms with van der Waals surface area (Å²) in [4.78, 5) is 32.2. The van der Waals surface area contributed by atoms with Crippen LogP contribution in [-0.4, -0.2) is 72.7 Å². The molecule has 3 unspecified atom stereocenters. The van der Waals surface area contributed by atoms with Crippen molar-refractivity contribution in [1.82, 2.24) is 15.2 Å². The van der Waals surface area contributed by atoms with Crippen LogP contribution in [0.25, 0.3) is 0 Å². The lowest BCUT2D eigenvalue weighted by atomic mass is 9.79. The van der Waals surface area contributed by atoms with Crippen molar-refractivity contribution in [2.75, 3.05) is 50.3 Å². The molecular formula is C30H31F2N5O5. The van der Waals surface area contributed by atoms with E-state index in [0.717, 1.165) is 34.9 Å². The Labute approximate surface area is 241 Å². The van der Waals surface area contributed by atoms with Gasteiger partial charge >= 0.3 is 0 Å². The number of carbonyl (C=O) groups is 2. The van der Waals surface area contributed by atoms with Gasteiger partial charge < -0.3 is 30.1 Å². The largest absolute Gasteiger partial charge is 0.373 e. The number of nitrogens with zero attached hydrogens (tertiary/aromatic N) is 2. The van der Waals surface area contributed by atoms with Crippen molar-refractivity contribution in [2.24, 2.45) is 0 Å². The first kappa shape index (κ1) is 28.2. The molecule has 3 heterocycles. The minimum atomic E-state index is -0.872. The monoisotopic (exact) mass is 579 g/mol. The van der Waals surface area contributed by atoms with Gasteiger partial charge in [-0.3, -0.25) is 14.9 Å². The van der Waals surface area contributed by atoms with E-state index in [9.17, 15) is 23.5 Å². The fourth-order valence-corrected chi connectivity index (χ4v) is 6.11. The number of benzene rings is 2. The molecule has 1 aliphatic carbocycles. The van der Waals surface area contributed by atoms with Crippen molar-refractivity contribution in [3.63, 3.8) is 0 Å². The zero-order valence-electron chi connectivity index (χ0n) is 22.7. The quantitative estimate of drug-likeness (QED) is 0.371. The molecular weight excluding hydrogens is 548 g/mol. The number of pyridine rings is 1. The number of aliphatic hydroxyl groups excluding tert-OH is 1. The number of ether oxygens (including phenoxy) is 2. The Bertz CT molecular complexity index is 1490. The highest BCUT2D eigenvalue weighted by atomic mass is 19.1. The van der Waals surface area contributed by atoms with Crippen LogP contribution in [0.4, 0.5) is 20.3 Å². The molecule has 3 atom stereocenters. The van der Waals surface area contributed by atoms with E-state index in [1.54, 1.807) is 12.3 Å². The van der Waals surface area contributed by atoms with Crippen LogP contribution in [0, 0.1) is 11.6 Å². The molecule has 1 spiro atoms. The number of fused-ring (bicyclic) bond motifs is 3. The van der Waals surface area contributed by atoms with E-state index in [4.69, 9.17) is 9.47 Å². The molecule has 4 N–H and O–H groups in total. The van der Waals surface area contributed by atoms with Crippen LogP contribution in [0.15, 0.2) is 54.7 Å². The molecule has 3 aromatic rings. The van der Waals surface area contributed by atoms with Crippen molar-refractivity contribution in [3.05, 3.63) is 88.6 Å². The topological polar surface area (TPSA) is 125 Å². The Kier molecular flexibility index (Phi) is 7.86. The Morgan fingerprint density at radius 1 is 1.10 bits per heavy atom. The van der Waals surface area contributed by atoms with Crippen molar-refractivity contribution in [1.29, 1.82) is 0 Å². The summed E-state index contributed by atoms with van der Waals surface area (Å²) in [5.41, 5.74) is 3.18. The first-order valence-corrected chi connectivity index (χ1v) is 13.8. The highest BCUT2D eigenvalue weighted by Crippen LogP contribution is 2.48. The molecule has 12 heteroatoms. The third-order valence-electron chi connectivity index (χ3n) is 8.06. The maximum Gasteiger partial charge on any atom is 0.249 e. The lowest BCUT2D eigenvalue weighted by Crippen LogP contribution is -2.45. The number of anilines is 2. The average Bonchev–Trinajstić information content (AvgIpc) is 3.46. The molecule has 1 aromatic heterocycles. The van der Waals surface area contributed by atoms with Crippen LogP contribution in [0.2, 0.25) is 0 Å². The number of carbonyl (C=O) groups excluding carboxylic acids is 2. The fraction of sp³-hybridized carbons (Fsp3) is 0.367. The summed E-state index contributed by atoms with van der Waals surface area (Å²) in [6.07, 6.45) is 2.06. The molecule has 42 heavy (non-hydrogen) atoms. The summed E-state index contributed by atoms with van der Waals surface area (Å²) < 4.78 is 39.1. The lowest BCUT2D eigenvalue weighted by molar-refractivity contribution is -0.141. The predicted molar refractivity (Wildman–Crippen MR) is 148 cm³/mol. The van der Waals surface area contributed by atoms with Gasteiger partial charge in [0.2, 0.25) is 11.8 Å². The van der Waals surface area contributed by atoms with Crippen molar-refractivity contribution in [2.45, 2.75) is 30.5 Å². The summed E-state index contributed by atoms with van der Waals surface area (Å²) in [5.74, 6) is -1.90. The van der Waals surface area contributed by atoms with E-state index in [2.05, 4.69) is 20.9 Å². The van der Waals surface area contributed by atoms with Crippen LogP contribution in [-0.2, 0) is 37.3 Å². The maximum absolute atomic E-state index is 14.2. The summed E-state index contributed by atoms with van der Waals surface area (Å²) in [6, 6.07) is 11.6. The van der Waals surface area contributed by atoms with E-state index < -0.39 is 41.1 Å². The Balaban J connectivity index is 1.22. The zero-order chi connectivity index (χ0) is 29.3. The zero-order valence-corrected chi connectivity index (χ0v) is 22.7. The van der Waals surface area contributed by atoms with Crippen LogP contribution in [0.5, 0.6) is 0 Å². The number of rotatable bonds is 4. The second kappa shape index (κ2) is 11.7. The lowest BCUT2D eigenvalue weighted by Gasteiger charge is -2.32. The first-order chi connectivity index (χ1) is 20.3. The van der Waals surface area contributed by atoms with E-state index in [-0.39, 0.29) is 45.2 Å². The number of aliphatic hydroxyl groups is 1. The van der Waals surface area contributed by atoms with E-state index in [0.29, 0.717) is 24.3 Å². The van der Waals surface area contributed by atoms with E-state index in [1.807, 2.05) is 24.3 Å². The summed E-state index contributed by atoms with van der Waals surface area (Å²) in [6.45, 7) is -0.0412. The highest BCUT2D eigenvalue weighted by Gasteiger charge is 2.50. The molecule has 0 radical (unpaired) electrons. The van der Waals surface area contributed by atoms with Crippen LogP contribution < -0.4 is 16.0 Å². The van der Waals surface area contributed by atoms with Gasteiger partial charge in [-0.25, -0.2) is 13.8 Å². The second-order valence-electron chi connectivity index (χ2n) is 10.8. The predicted octanol–water partition coefficient (Wildman–Crippen LogP) is 2.24. The van der Waals surface area contributed by atoms with E-state index >= 15 is 0 Å². The summed E-state index contributed by atoms with van der Waals surface area (Å²) >= 11 is 0. The third-order valence-corrected chi connectivity index (χ3v) is 8.06.